The van der Waals surface area contributed by atoms with E-state index >= 15 is 0 Å². The van der Waals surface area contributed by atoms with Crippen LogP contribution in [0.25, 0.3) is 0 Å². The average Bonchev–Trinajstić information content (AvgIpc) is 2.04. The van der Waals surface area contributed by atoms with E-state index in [2.05, 4.69) is 0 Å². The van der Waals surface area contributed by atoms with Crippen molar-refractivity contribution in [3.63, 3.8) is 0 Å². The van der Waals surface area contributed by atoms with Crippen LogP contribution in [0.4, 0.5) is 0 Å². The Morgan fingerprint density at radius 3 is 1.83 bits per heavy atom. The Hall–Kier alpha value is -0.650. The van der Waals surface area contributed by atoms with Crippen LogP contribution in [0.5, 0.6) is 0 Å². The van der Waals surface area contributed by atoms with Gasteiger partial charge in [-0.15, -0.1) is 0 Å². The average molecular weight is 179 g/mol. The fourth-order valence-electron chi connectivity index (χ4n) is 0.365. The zero-order valence-corrected chi connectivity index (χ0v) is 7.69. The number of carboxylic acid groups (broad SMARTS) is 1. The fourth-order valence-corrected chi connectivity index (χ4v) is 0.365. The van der Waals surface area contributed by atoms with E-state index in [1.807, 2.05) is 21.0 Å². The normalized spacial score (nSPS) is 11.8. The molecule has 1 atom stereocenters. The van der Waals surface area contributed by atoms with Crippen LogP contribution >= 0.6 is 0 Å². The number of aliphatic carboxylic acids is 1. The van der Waals surface area contributed by atoms with Crippen LogP contribution in [0.15, 0.2) is 0 Å². The smallest absolute Gasteiger partial charge is 0.329 e. The van der Waals surface area contributed by atoms with Gasteiger partial charge in [0, 0.05) is 0 Å². The summed E-state index contributed by atoms with van der Waals surface area (Å²) in [6.07, 6.45) is 0.535. The first kappa shape index (κ1) is 13.9. The molecule has 5 heteroatoms. The summed E-state index contributed by atoms with van der Waals surface area (Å²) < 4.78 is 0. The molecule has 0 aliphatic carbocycles. The molecule has 74 valence electrons. The van der Waals surface area contributed by atoms with E-state index in [1.54, 1.807) is 4.90 Å². The monoisotopic (exact) mass is 179 g/mol. The minimum atomic E-state index is -1.19. The second-order valence-corrected chi connectivity index (χ2v) is 2.40. The standard InChI is InChI=1S/C5H13NO.C2H4O3/c1-4-5(7)6(2)3;3-1-2(4)5/h5,7H,4H2,1-3H3;3H,1H2,(H,4,5). The maximum atomic E-state index is 9.12. The molecule has 0 aliphatic heterocycles. The zero-order valence-electron chi connectivity index (χ0n) is 7.69. The molecular weight excluding hydrogens is 162 g/mol. The topological polar surface area (TPSA) is 81.0 Å². The summed E-state index contributed by atoms with van der Waals surface area (Å²) in [4.78, 5) is 10.9. The highest BCUT2D eigenvalue weighted by molar-refractivity contribution is 5.67. The van der Waals surface area contributed by atoms with Crippen molar-refractivity contribution in [1.29, 1.82) is 0 Å². The zero-order chi connectivity index (χ0) is 10.1. The van der Waals surface area contributed by atoms with E-state index in [0.29, 0.717) is 0 Å². The number of nitrogens with zero attached hydrogens (tertiary/aromatic N) is 1. The number of hydrogen-bond donors (Lipinski definition) is 3. The van der Waals surface area contributed by atoms with Gasteiger partial charge in [-0.1, -0.05) is 6.92 Å². The van der Waals surface area contributed by atoms with Crippen LogP contribution in [0, 0.1) is 0 Å². The van der Waals surface area contributed by atoms with Gasteiger partial charge in [0.05, 0.1) is 0 Å². The quantitative estimate of drug-likeness (QED) is 0.501. The SMILES string of the molecule is CCC(O)N(C)C.O=C(O)CO. The Morgan fingerprint density at radius 2 is 1.83 bits per heavy atom. The molecule has 0 aromatic rings. The molecule has 0 heterocycles. The van der Waals surface area contributed by atoms with Gasteiger partial charge in [0.25, 0.3) is 0 Å². The van der Waals surface area contributed by atoms with Crippen molar-refractivity contribution in [3.05, 3.63) is 0 Å². The summed E-state index contributed by atoms with van der Waals surface area (Å²) >= 11 is 0. The van der Waals surface area contributed by atoms with E-state index in [0.717, 1.165) is 6.42 Å². The van der Waals surface area contributed by atoms with Gasteiger partial charge >= 0.3 is 5.97 Å². The highest BCUT2D eigenvalue weighted by atomic mass is 16.4. The summed E-state index contributed by atoms with van der Waals surface area (Å²) in [6, 6.07) is 0. The largest absolute Gasteiger partial charge is 0.480 e. The molecule has 1 unspecified atom stereocenters. The van der Waals surface area contributed by atoms with Crippen LogP contribution in [0.2, 0.25) is 0 Å². The lowest BCUT2D eigenvalue weighted by atomic mass is 10.4. The summed E-state index contributed by atoms with van der Waals surface area (Å²) in [5, 5.41) is 23.9. The van der Waals surface area contributed by atoms with Crippen LogP contribution in [-0.2, 0) is 4.79 Å². The summed E-state index contributed by atoms with van der Waals surface area (Å²) in [5.41, 5.74) is 0. The van der Waals surface area contributed by atoms with Crippen LogP contribution < -0.4 is 0 Å². The predicted octanol–water partition coefficient (Wildman–Crippen LogP) is -0.660. The first-order chi connectivity index (χ1) is 5.45. The Labute approximate surface area is 72.2 Å². The number of hydrogen-bond acceptors (Lipinski definition) is 4. The molecule has 0 spiro atoms. The molecule has 0 aromatic heterocycles. The van der Waals surface area contributed by atoms with Gasteiger partial charge in [-0.2, -0.15) is 0 Å². The molecule has 0 radical (unpaired) electrons. The molecule has 0 saturated carbocycles. The first-order valence-electron chi connectivity index (χ1n) is 3.62. The number of carbonyl (C=O) groups is 1. The maximum Gasteiger partial charge on any atom is 0.329 e. The summed E-state index contributed by atoms with van der Waals surface area (Å²) in [6.45, 7) is 1.17. The Kier molecular flexibility index (Phi) is 9.79. The fraction of sp³-hybridized carbons (Fsp3) is 0.857. The summed E-state index contributed by atoms with van der Waals surface area (Å²) in [7, 11) is 3.71. The van der Waals surface area contributed by atoms with Crippen molar-refractivity contribution in [2.45, 2.75) is 19.6 Å². The van der Waals surface area contributed by atoms with Gasteiger partial charge in [-0.3, -0.25) is 4.90 Å². The molecular formula is C7H17NO4. The Bertz CT molecular complexity index is 116. The minimum Gasteiger partial charge on any atom is -0.480 e. The van der Waals surface area contributed by atoms with Crippen molar-refractivity contribution >= 4 is 5.97 Å². The summed E-state index contributed by atoms with van der Waals surface area (Å²) in [5.74, 6) is -1.19. The number of aliphatic hydroxyl groups is 2. The second kappa shape index (κ2) is 8.45. The lowest BCUT2D eigenvalue weighted by Gasteiger charge is -2.15. The third kappa shape index (κ3) is 12.1. The molecule has 12 heavy (non-hydrogen) atoms. The van der Waals surface area contributed by atoms with Gasteiger partial charge in [0.2, 0.25) is 0 Å². The van der Waals surface area contributed by atoms with Crippen LogP contribution in [0.1, 0.15) is 13.3 Å². The van der Waals surface area contributed by atoms with Crippen molar-refractivity contribution in [2.24, 2.45) is 0 Å². The third-order valence-electron chi connectivity index (χ3n) is 1.10. The van der Waals surface area contributed by atoms with Gasteiger partial charge in [-0.05, 0) is 20.5 Å². The van der Waals surface area contributed by atoms with Gasteiger partial charge in [0.1, 0.15) is 12.8 Å². The van der Waals surface area contributed by atoms with Gasteiger partial charge in [0.15, 0.2) is 0 Å². The van der Waals surface area contributed by atoms with Crippen LogP contribution in [-0.4, -0.2) is 53.1 Å². The molecule has 0 fully saturated rings. The molecule has 5 nitrogen and oxygen atoms in total. The van der Waals surface area contributed by atoms with E-state index in [9.17, 15) is 0 Å². The molecule has 3 N–H and O–H groups in total. The van der Waals surface area contributed by atoms with E-state index in [1.165, 1.54) is 0 Å². The Balaban J connectivity index is 0. The highest BCUT2D eigenvalue weighted by Gasteiger charge is 1.99. The number of aliphatic hydroxyl groups excluding tert-OH is 2. The third-order valence-corrected chi connectivity index (χ3v) is 1.10. The van der Waals surface area contributed by atoms with Gasteiger partial charge < -0.3 is 15.3 Å². The first-order valence-corrected chi connectivity index (χ1v) is 3.62. The van der Waals surface area contributed by atoms with E-state index < -0.39 is 12.6 Å². The van der Waals surface area contributed by atoms with Crippen molar-refractivity contribution < 1.29 is 20.1 Å². The highest BCUT2D eigenvalue weighted by Crippen LogP contribution is 1.90. The Morgan fingerprint density at radius 1 is 1.50 bits per heavy atom. The van der Waals surface area contributed by atoms with E-state index in [4.69, 9.17) is 20.1 Å². The number of rotatable bonds is 3. The molecule has 0 aliphatic rings. The number of carboxylic acids is 1. The lowest BCUT2D eigenvalue weighted by Crippen LogP contribution is -2.26. The second-order valence-electron chi connectivity index (χ2n) is 2.40. The van der Waals surface area contributed by atoms with Crippen LogP contribution in [0.3, 0.4) is 0 Å². The van der Waals surface area contributed by atoms with Crippen molar-refractivity contribution in [2.75, 3.05) is 20.7 Å². The molecule has 0 saturated heterocycles. The van der Waals surface area contributed by atoms with E-state index in [-0.39, 0.29) is 6.23 Å². The molecule has 0 rings (SSSR count). The molecule has 0 bridgehead atoms. The lowest BCUT2D eigenvalue weighted by molar-refractivity contribution is -0.140. The maximum absolute atomic E-state index is 9.12. The molecule has 0 aromatic carbocycles. The van der Waals surface area contributed by atoms with Crippen molar-refractivity contribution in [1.82, 2.24) is 4.90 Å². The van der Waals surface area contributed by atoms with Crippen molar-refractivity contribution in [3.8, 4) is 0 Å². The predicted molar refractivity (Wildman–Crippen MR) is 44.7 cm³/mol. The molecule has 0 amide bonds. The minimum absolute atomic E-state index is 0.264. The van der Waals surface area contributed by atoms with Gasteiger partial charge in [-0.25, -0.2) is 4.79 Å².